The lowest BCUT2D eigenvalue weighted by Gasteiger charge is -2.09. The molecule has 1 aromatic carbocycles. The normalized spacial score (nSPS) is 12.8. The fraction of sp³-hybridized carbons (Fsp3) is 0.333. The van der Waals surface area contributed by atoms with Crippen LogP contribution in [0.25, 0.3) is 16.7 Å². The van der Waals surface area contributed by atoms with Crippen LogP contribution in [0.15, 0.2) is 24.4 Å². The first-order valence-electron chi connectivity index (χ1n) is 6.72. The van der Waals surface area contributed by atoms with Crippen LogP contribution in [0, 0.1) is 6.92 Å². The number of alkyl halides is 1. The molecule has 0 N–H and O–H groups in total. The number of imidazole rings is 1. The second kappa shape index (κ2) is 5.07. The summed E-state index contributed by atoms with van der Waals surface area (Å²) >= 11 is 6.32. The smallest absolute Gasteiger partial charge is 0.132 e. The number of fused-ring (bicyclic) bond motifs is 1. The Morgan fingerprint density at radius 3 is 2.67 bits per heavy atom. The van der Waals surface area contributed by atoms with Crippen LogP contribution in [0.5, 0.6) is 5.75 Å². The zero-order valence-corrected chi connectivity index (χ0v) is 13.2. The molecule has 0 aliphatic rings. The van der Waals surface area contributed by atoms with Crippen molar-refractivity contribution in [1.82, 2.24) is 19.3 Å². The molecule has 3 rings (SSSR count). The highest BCUT2D eigenvalue weighted by atomic mass is 35.5. The highest BCUT2D eigenvalue weighted by Crippen LogP contribution is 2.31. The lowest BCUT2D eigenvalue weighted by molar-refractivity contribution is 0.415. The van der Waals surface area contributed by atoms with E-state index in [1.54, 1.807) is 11.8 Å². The molecule has 1 unspecified atom stereocenters. The summed E-state index contributed by atoms with van der Waals surface area (Å²) in [7, 11) is 3.56. The lowest BCUT2D eigenvalue weighted by atomic mass is 10.3. The zero-order chi connectivity index (χ0) is 15.1. The average molecular weight is 305 g/mol. The van der Waals surface area contributed by atoms with Crippen LogP contribution in [0.2, 0.25) is 0 Å². The van der Waals surface area contributed by atoms with Crippen LogP contribution in [0.3, 0.4) is 0 Å². The van der Waals surface area contributed by atoms with Gasteiger partial charge in [0.15, 0.2) is 0 Å². The van der Waals surface area contributed by atoms with E-state index in [1.165, 1.54) is 0 Å². The topological polar surface area (TPSA) is 44.9 Å². The molecule has 0 saturated heterocycles. The van der Waals surface area contributed by atoms with Crippen LogP contribution in [0.4, 0.5) is 0 Å². The predicted octanol–water partition coefficient (Wildman–Crippen LogP) is 3.38. The monoisotopic (exact) mass is 304 g/mol. The van der Waals surface area contributed by atoms with Gasteiger partial charge >= 0.3 is 0 Å². The maximum Gasteiger partial charge on any atom is 0.132 e. The van der Waals surface area contributed by atoms with Crippen molar-refractivity contribution in [2.75, 3.05) is 7.11 Å². The van der Waals surface area contributed by atoms with Gasteiger partial charge in [0.25, 0.3) is 0 Å². The number of ether oxygens (including phenoxy) is 1. The van der Waals surface area contributed by atoms with Crippen molar-refractivity contribution >= 4 is 22.6 Å². The van der Waals surface area contributed by atoms with Crippen molar-refractivity contribution in [1.29, 1.82) is 0 Å². The van der Waals surface area contributed by atoms with Crippen molar-refractivity contribution in [3.05, 3.63) is 35.9 Å². The molecule has 2 heterocycles. The van der Waals surface area contributed by atoms with Crippen molar-refractivity contribution in [2.45, 2.75) is 19.2 Å². The molecule has 0 aliphatic carbocycles. The van der Waals surface area contributed by atoms with E-state index in [9.17, 15) is 0 Å². The number of halogens is 1. The third kappa shape index (κ3) is 2.27. The largest absolute Gasteiger partial charge is 0.497 e. The van der Waals surface area contributed by atoms with Gasteiger partial charge in [-0.1, -0.05) is 0 Å². The highest BCUT2D eigenvalue weighted by molar-refractivity contribution is 6.20. The molecule has 1 atom stereocenters. The van der Waals surface area contributed by atoms with Gasteiger partial charge in [-0.05, 0) is 26.0 Å². The Hall–Kier alpha value is -2.01. The standard InChI is InChI=1S/C15H17ClN4O/c1-9(16)15-17-12-6-5-11(21-4)7-13(12)20(15)14-8-19(3)18-10(14)2/h5-9H,1-4H3. The Labute approximate surface area is 128 Å². The van der Waals surface area contributed by atoms with Gasteiger partial charge in [0, 0.05) is 19.3 Å². The number of methoxy groups -OCH3 is 1. The summed E-state index contributed by atoms with van der Waals surface area (Å²) in [4.78, 5) is 4.65. The lowest BCUT2D eigenvalue weighted by Crippen LogP contribution is -2.02. The first kappa shape index (κ1) is 13.9. The third-order valence-corrected chi connectivity index (χ3v) is 3.67. The number of hydrogen-bond donors (Lipinski definition) is 0. The molecule has 0 radical (unpaired) electrons. The molecule has 2 aromatic heterocycles. The second-order valence-electron chi connectivity index (χ2n) is 5.05. The van der Waals surface area contributed by atoms with Crippen LogP contribution < -0.4 is 4.74 Å². The van der Waals surface area contributed by atoms with E-state index in [0.29, 0.717) is 0 Å². The molecule has 0 fully saturated rings. The Kier molecular flexibility index (Phi) is 3.37. The summed E-state index contributed by atoms with van der Waals surface area (Å²) in [5.74, 6) is 1.59. The van der Waals surface area contributed by atoms with E-state index in [-0.39, 0.29) is 5.38 Å². The van der Waals surface area contributed by atoms with E-state index in [4.69, 9.17) is 16.3 Å². The van der Waals surface area contributed by atoms with Gasteiger partial charge in [0.05, 0.1) is 34.9 Å². The van der Waals surface area contributed by atoms with E-state index in [0.717, 1.165) is 34.0 Å². The summed E-state index contributed by atoms with van der Waals surface area (Å²) < 4.78 is 9.17. The molecule has 3 aromatic rings. The average Bonchev–Trinajstić information content (AvgIpc) is 2.97. The molecule has 110 valence electrons. The van der Waals surface area contributed by atoms with Gasteiger partial charge in [-0.2, -0.15) is 5.10 Å². The van der Waals surface area contributed by atoms with Gasteiger partial charge in [-0.3, -0.25) is 9.25 Å². The van der Waals surface area contributed by atoms with E-state index >= 15 is 0 Å². The predicted molar refractivity (Wildman–Crippen MR) is 83.4 cm³/mol. The maximum atomic E-state index is 6.32. The van der Waals surface area contributed by atoms with Crippen LogP contribution >= 0.6 is 11.6 Å². The van der Waals surface area contributed by atoms with Crippen molar-refractivity contribution in [2.24, 2.45) is 7.05 Å². The first-order valence-corrected chi connectivity index (χ1v) is 7.16. The quantitative estimate of drug-likeness (QED) is 0.697. The fourth-order valence-electron chi connectivity index (χ4n) is 2.53. The molecule has 0 aliphatic heterocycles. The van der Waals surface area contributed by atoms with Gasteiger partial charge in [-0.25, -0.2) is 4.98 Å². The van der Waals surface area contributed by atoms with Crippen molar-refractivity contribution in [3.63, 3.8) is 0 Å². The summed E-state index contributed by atoms with van der Waals surface area (Å²) in [5.41, 5.74) is 3.77. The molecule has 6 heteroatoms. The van der Waals surface area contributed by atoms with Gasteiger partial charge in [0.1, 0.15) is 11.6 Å². The molecule has 5 nitrogen and oxygen atoms in total. The van der Waals surface area contributed by atoms with Gasteiger partial charge < -0.3 is 4.74 Å². The van der Waals surface area contributed by atoms with Crippen molar-refractivity contribution < 1.29 is 4.74 Å². The molecule has 0 saturated carbocycles. The van der Waals surface area contributed by atoms with Crippen LogP contribution in [-0.2, 0) is 7.05 Å². The van der Waals surface area contributed by atoms with E-state index < -0.39 is 0 Å². The summed E-state index contributed by atoms with van der Waals surface area (Å²) in [6, 6.07) is 5.81. The highest BCUT2D eigenvalue weighted by Gasteiger charge is 2.19. The number of hydrogen-bond acceptors (Lipinski definition) is 3. The Morgan fingerprint density at radius 1 is 1.33 bits per heavy atom. The molecule has 0 spiro atoms. The second-order valence-corrected chi connectivity index (χ2v) is 5.70. The molecule has 21 heavy (non-hydrogen) atoms. The fourth-order valence-corrected chi connectivity index (χ4v) is 2.67. The zero-order valence-electron chi connectivity index (χ0n) is 12.5. The first-order chi connectivity index (χ1) is 10.0. The molecular weight excluding hydrogens is 288 g/mol. The SMILES string of the molecule is COc1ccc2nc(C(C)Cl)n(-c3cn(C)nc3C)c2c1. The minimum absolute atomic E-state index is 0.206. The number of nitrogens with zero attached hydrogens (tertiary/aromatic N) is 4. The van der Waals surface area contributed by atoms with Gasteiger partial charge in [-0.15, -0.1) is 11.6 Å². The van der Waals surface area contributed by atoms with E-state index in [2.05, 4.69) is 14.6 Å². The molecule has 0 amide bonds. The third-order valence-electron chi connectivity index (χ3n) is 3.47. The summed E-state index contributed by atoms with van der Waals surface area (Å²) in [5, 5.41) is 4.21. The van der Waals surface area contributed by atoms with Crippen LogP contribution in [0.1, 0.15) is 23.8 Å². The maximum absolute atomic E-state index is 6.32. The Morgan fingerprint density at radius 2 is 2.10 bits per heavy atom. The number of aryl methyl sites for hydroxylation is 2. The van der Waals surface area contributed by atoms with Gasteiger partial charge in [0.2, 0.25) is 0 Å². The van der Waals surface area contributed by atoms with Crippen molar-refractivity contribution in [3.8, 4) is 11.4 Å². The Bertz CT molecular complexity index is 803. The minimum Gasteiger partial charge on any atom is -0.497 e. The van der Waals surface area contributed by atoms with Crippen LogP contribution in [-0.4, -0.2) is 26.4 Å². The minimum atomic E-state index is -0.206. The molecular formula is C15H17ClN4O. The number of rotatable bonds is 3. The molecule has 0 bridgehead atoms. The number of aromatic nitrogens is 4. The summed E-state index contributed by atoms with van der Waals surface area (Å²) in [6.07, 6.45) is 1.97. The Balaban J connectivity index is 2.36. The number of benzene rings is 1. The van der Waals surface area contributed by atoms with E-state index in [1.807, 2.05) is 45.3 Å². The summed E-state index contributed by atoms with van der Waals surface area (Å²) in [6.45, 7) is 3.90.